The van der Waals surface area contributed by atoms with Gasteiger partial charge in [0.05, 0.1) is 165 Å². The van der Waals surface area contributed by atoms with Crippen LogP contribution in [0.1, 0.15) is 63.9 Å². The van der Waals surface area contributed by atoms with Crippen molar-refractivity contribution in [2.45, 2.75) is 64.9 Å². The van der Waals surface area contributed by atoms with Gasteiger partial charge >= 0.3 is 0 Å². The molecular formula is C41H76O13. The van der Waals surface area contributed by atoms with E-state index in [1.807, 2.05) is 30.3 Å². The molecule has 13 nitrogen and oxygen atoms in total. The molecule has 0 amide bonds. The van der Waals surface area contributed by atoms with Crippen LogP contribution in [0, 0.1) is 0 Å². The van der Waals surface area contributed by atoms with Crippen LogP contribution in [0.25, 0.3) is 0 Å². The molecule has 0 radical (unpaired) electrons. The minimum Gasteiger partial charge on any atom is -0.379 e. The summed E-state index contributed by atoms with van der Waals surface area (Å²) in [4.78, 5) is 0. The summed E-state index contributed by atoms with van der Waals surface area (Å²) in [6.45, 7) is 16.6. The van der Waals surface area contributed by atoms with E-state index in [1.54, 1.807) is 0 Å². The molecule has 0 atom stereocenters. The molecule has 0 aliphatic heterocycles. The Balaban J connectivity index is 1.60. The van der Waals surface area contributed by atoms with Crippen LogP contribution < -0.4 is 0 Å². The Labute approximate surface area is 327 Å². The number of unbranched alkanes of at least 4 members (excludes halogenated alkanes) is 7. The van der Waals surface area contributed by atoms with Crippen LogP contribution in [0.4, 0.5) is 0 Å². The lowest BCUT2D eigenvalue weighted by Gasteiger charge is -2.09. The van der Waals surface area contributed by atoms with E-state index in [2.05, 4.69) is 6.92 Å². The number of rotatable bonds is 47. The zero-order valence-corrected chi connectivity index (χ0v) is 33.7. The maximum Gasteiger partial charge on any atom is 0.0718 e. The van der Waals surface area contributed by atoms with Gasteiger partial charge in [0, 0.05) is 6.61 Å². The summed E-state index contributed by atoms with van der Waals surface area (Å²) in [6, 6.07) is 10.1. The summed E-state index contributed by atoms with van der Waals surface area (Å²) in [7, 11) is 0. The van der Waals surface area contributed by atoms with Crippen molar-refractivity contribution < 1.29 is 61.6 Å². The zero-order valence-electron chi connectivity index (χ0n) is 33.7. The lowest BCUT2D eigenvalue weighted by molar-refractivity contribution is -0.0292. The molecule has 0 heterocycles. The highest BCUT2D eigenvalue weighted by Crippen LogP contribution is 2.08. The predicted octanol–water partition coefficient (Wildman–Crippen LogP) is 5.54. The van der Waals surface area contributed by atoms with E-state index < -0.39 is 0 Å². The van der Waals surface area contributed by atoms with Crippen LogP contribution in [-0.4, -0.2) is 165 Å². The molecule has 0 bridgehead atoms. The highest BCUT2D eigenvalue weighted by Gasteiger charge is 1.98. The second-order valence-corrected chi connectivity index (χ2v) is 12.4. The quantitative estimate of drug-likeness (QED) is 0.0772. The molecule has 0 aliphatic carbocycles. The maximum atomic E-state index is 5.63. The Morgan fingerprint density at radius 3 is 0.796 bits per heavy atom. The fourth-order valence-corrected chi connectivity index (χ4v) is 4.74. The Morgan fingerprint density at radius 1 is 0.259 bits per heavy atom. The third-order valence-electron chi connectivity index (χ3n) is 7.72. The van der Waals surface area contributed by atoms with Crippen LogP contribution in [0.5, 0.6) is 0 Å². The van der Waals surface area contributed by atoms with E-state index in [1.165, 1.54) is 44.9 Å². The molecular weight excluding hydrogens is 700 g/mol. The van der Waals surface area contributed by atoms with Gasteiger partial charge in [0.1, 0.15) is 0 Å². The van der Waals surface area contributed by atoms with Crippen LogP contribution >= 0.6 is 0 Å². The first kappa shape index (κ1) is 50.7. The Kier molecular flexibility index (Phi) is 43.3. The summed E-state index contributed by atoms with van der Waals surface area (Å²) in [5.41, 5.74) is 1.16. The van der Waals surface area contributed by atoms with Gasteiger partial charge in [-0.2, -0.15) is 0 Å². The van der Waals surface area contributed by atoms with E-state index in [4.69, 9.17) is 61.6 Å². The standard InChI is InChI=1S/C41H76O13/c1-2-3-4-5-6-7-8-12-15-42-16-17-43-18-19-44-20-21-45-22-23-46-24-25-47-26-27-48-28-29-49-30-31-50-32-33-51-34-35-52-36-37-53-38-39-54-40-41-13-10-9-11-14-41/h9-11,13-14H,2-8,12,15-40H2,1H3. The molecule has 0 aliphatic rings. The van der Waals surface area contributed by atoms with Crippen molar-refractivity contribution in [3.63, 3.8) is 0 Å². The number of hydrogen-bond acceptors (Lipinski definition) is 13. The second kappa shape index (κ2) is 46.1. The molecule has 0 aromatic heterocycles. The monoisotopic (exact) mass is 777 g/mol. The van der Waals surface area contributed by atoms with Crippen LogP contribution in [0.15, 0.2) is 30.3 Å². The van der Waals surface area contributed by atoms with Gasteiger partial charge in [0.15, 0.2) is 0 Å². The van der Waals surface area contributed by atoms with Gasteiger partial charge in [0.25, 0.3) is 0 Å². The van der Waals surface area contributed by atoms with Gasteiger partial charge in [-0.15, -0.1) is 0 Å². The summed E-state index contributed by atoms with van der Waals surface area (Å²) in [6.07, 6.45) is 10.5. The van der Waals surface area contributed by atoms with Crippen molar-refractivity contribution in [1.82, 2.24) is 0 Å². The van der Waals surface area contributed by atoms with Crippen molar-refractivity contribution in [2.75, 3.05) is 165 Å². The number of hydrogen-bond donors (Lipinski definition) is 0. The van der Waals surface area contributed by atoms with Crippen LogP contribution in [0.2, 0.25) is 0 Å². The maximum absolute atomic E-state index is 5.63. The van der Waals surface area contributed by atoms with Crippen LogP contribution in [0.3, 0.4) is 0 Å². The molecule has 0 N–H and O–H groups in total. The smallest absolute Gasteiger partial charge is 0.0718 e. The molecule has 1 aromatic carbocycles. The number of benzene rings is 1. The van der Waals surface area contributed by atoms with E-state index >= 15 is 0 Å². The lowest BCUT2D eigenvalue weighted by Crippen LogP contribution is -2.15. The minimum atomic E-state index is 0.512. The largest absolute Gasteiger partial charge is 0.379 e. The van der Waals surface area contributed by atoms with Crippen LogP contribution in [-0.2, 0) is 68.2 Å². The average molecular weight is 777 g/mol. The topological polar surface area (TPSA) is 120 Å². The average Bonchev–Trinajstić information content (AvgIpc) is 3.19. The summed E-state index contributed by atoms with van der Waals surface area (Å²) in [5, 5.41) is 0. The minimum absolute atomic E-state index is 0.512. The lowest BCUT2D eigenvalue weighted by atomic mass is 10.1. The molecule has 13 heteroatoms. The normalized spacial score (nSPS) is 11.6. The fourth-order valence-electron chi connectivity index (χ4n) is 4.74. The van der Waals surface area contributed by atoms with Gasteiger partial charge in [-0.25, -0.2) is 0 Å². The molecule has 318 valence electrons. The van der Waals surface area contributed by atoms with E-state index in [0.717, 1.165) is 18.6 Å². The van der Waals surface area contributed by atoms with Gasteiger partial charge in [-0.1, -0.05) is 82.2 Å². The molecule has 0 unspecified atom stereocenters. The van der Waals surface area contributed by atoms with E-state index in [9.17, 15) is 0 Å². The SMILES string of the molecule is CCCCCCCCCCOCCOCCOCCOCCOCCOCCOCCOCCOCCOCCOCCOCCOCc1ccccc1. The molecule has 1 aromatic rings. The summed E-state index contributed by atoms with van der Waals surface area (Å²) >= 11 is 0. The third kappa shape index (κ3) is 41.9. The van der Waals surface area contributed by atoms with Crippen molar-refractivity contribution in [2.24, 2.45) is 0 Å². The van der Waals surface area contributed by atoms with Crippen molar-refractivity contribution in [1.29, 1.82) is 0 Å². The molecule has 1 rings (SSSR count). The predicted molar refractivity (Wildman–Crippen MR) is 209 cm³/mol. The Morgan fingerprint density at radius 2 is 0.500 bits per heavy atom. The van der Waals surface area contributed by atoms with Gasteiger partial charge in [-0.05, 0) is 12.0 Å². The van der Waals surface area contributed by atoms with Gasteiger partial charge in [-0.3, -0.25) is 0 Å². The fraction of sp³-hybridized carbons (Fsp3) is 0.854. The first-order chi connectivity index (χ1) is 26.9. The molecule has 0 saturated carbocycles. The van der Waals surface area contributed by atoms with E-state index in [0.29, 0.717) is 165 Å². The second-order valence-electron chi connectivity index (χ2n) is 12.4. The van der Waals surface area contributed by atoms with Crippen molar-refractivity contribution >= 4 is 0 Å². The zero-order chi connectivity index (χ0) is 38.3. The molecule has 0 fully saturated rings. The van der Waals surface area contributed by atoms with E-state index in [-0.39, 0.29) is 0 Å². The van der Waals surface area contributed by atoms with Gasteiger partial charge in [0.2, 0.25) is 0 Å². The third-order valence-corrected chi connectivity index (χ3v) is 7.72. The summed E-state index contributed by atoms with van der Waals surface area (Å²) in [5.74, 6) is 0. The highest BCUT2D eigenvalue weighted by atomic mass is 16.6. The number of ether oxygens (including phenoxy) is 13. The first-order valence-corrected chi connectivity index (χ1v) is 20.5. The Bertz CT molecular complexity index is 809. The molecule has 0 spiro atoms. The van der Waals surface area contributed by atoms with Crippen molar-refractivity contribution in [3.05, 3.63) is 35.9 Å². The Hall–Kier alpha value is -1.30. The van der Waals surface area contributed by atoms with Gasteiger partial charge < -0.3 is 61.6 Å². The summed E-state index contributed by atoms with van der Waals surface area (Å²) < 4.78 is 71.8. The molecule has 54 heavy (non-hydrogen) atoms. The molecule has 0 saturated heterocycles. The van der Waals surface area contributed by atoms with Crippen molar-refractivity contribution in [3.8, 4) is 0 Å². The highest BCUT2D eigenvalue weighted by molar-refractivity contribution is 5.13. The first-order valence-electron chi connectivity index (χ1n) is 20.5.